The molecule has 0 aromatic heterocycles. The standard InChI is InChI=1S/C22H29Cl2NO.ClH/c1-25(2)16-19-11-6-9-15-22(19,24)21(13-7-3-8-14-21)26-17-18-10-4-5-12-20(18)23;/h4-6,9-12,15,19H,3,7-8,13-14,16-17H2,1-2H3;1H. The molecular formula is C22H30Cl3NO. The molecule has 0 radical (unpaired) electrons. The van der Waals surface area contributed by atoms with Gasteiger partial charge in [0.05, 0.1) is 17.1 Å². The van der Waals surface area contributed by atoms with Gasteiger partial charge in [-0.2, -0.15) is 0 Å². The number of halogens is 3. The van der Waals surface area contributed by atoms with E-state index < -0.39 is 4.87 Å². The highest BCUT2D eigenvalue weighted by molar-refractivity contribution is 6.31. The van der Waals surface area contributed by atoms with Crippen LogP contribution < -0.4 is 0 Å². The van der Waals surface area contributed by atoms with Crippen molar-refractivity contribution in [3.63, 3.8) is 0 Å². The van der Waals surface area contributed by atoms with Gasteiger partial charge < -0.3 is 9.64 Å². The summed E-state index contributed by atoms with van der Waals surface area (Å²) in [6.45, 7) is 1.40. The van der Waals surface area contributed by atoms with E-state index in [1.165, 1.54) is 6.42 Å². The van der Waals surface area contributed by atoms with Gasteiger partial charge in [0, 0.05) is 17.5 Å². The molecule has 27 heavy (non-hydrogen) atoms. The first-order valence-corrected chi connectivity index (χ1v) is 10.3. The predicted molar refractivity (Wildman–Crippen MR) is 118 cm³/mol. The molecule has 0 saturated heterocycles. The first-order chi connectivity index (χ1) is 12.5. The van der Waals surface area contributed by atoms with Gasteiger partial charge in [-0.1, -0.05) is 73.4 Å². The molecular weight excluding hydrogens is 401 g/mol. The second-order valence-electron chi connectivity index (χ2n) is 7.82. The molecule has 0 spiro atoms. The van der Waals surface area contributed by atoms with E-state index in [0.29, 0.717) is 6.61 Å². The van der Waals surface area contributed by atoms with Crippen molar-refractivity contribution < 1.29 is 4.74 Å². The zero-order valence-corrected chi connectivity index (χ0v) is 18.5. The summed E-state index contributed by atoms with van der Waals surface area (Å²) in [6, 6.07) is 7.91. The highest BCUT2D eigenvalue weighted by atomic mass is 35.5. The van der Waals surface area contributed by atoms with Crippen molar-refractivity contribution in [2.75, 3.05) is 20.6 Å². The van der Waals surface area contributed by atoms with Crippen molar-refractivity contribution in [2.45, 2.75) is 49.2 Å². The Kier molecular flexibility index (Phi) is 8.27. The Morgan fingerprint density at radius 1 is 1.11 bits per heavy atom. The monoisotopic (exact) mass is 429 g/mol. The van der Waals surface area contributed by atoms with E-state index in [1.807, 2.05) is 24.3 Å². The number of alkyl halides is 1. The summed E-state index contributed by atoms with van der Waals surface area (Å²) < 4.78 is 6.67. The topological polar surface area (TPSA) is 12.5 Å². The number of allylic oxidation sites excluding steroid dienone is 2. The fourth-order valence-corrected chi connectivity index (χ4v) is 4.98. The molecule has 150 valence electrons. The average Bonchev–Trinajstić information content (AvgIpc) is 2.63. The van der Waals surface area contributed by atoms with Gasteiger partial charge in [0.25, 0.3) is 0 Å². The summed E-state index contributed by atoms with van der Waals surface area (Å²) in [5.74, 6) is 0.216. The molecule has 0 bridgehead atoms. The van der Waals surface area contributed by atoms with Crippen molar-refractivity contribution in [3.8, 4) is 0 Å². The normalized spacial score (nSPS) is 26.8. The van der Waals surface area contributed by atoms with Crippen molar-refractivity contribution in [1.29, 1.82) is 0 Å². The van der Waals surface area contributed by atoms with Crippen LogP contribution in [-0.2, 0) is 11.3 Å². The van der Waals surface area contributed by atoms with Crippen LogP contribution in [0.5, 0.6) is 0 Å². The lowest BCUT2D eigenvalue weighted by Gasteiger charge is -2.51. The molecule has 0 heterocycles. The van der Waals surface area contributed by atoms with Crippen LogP contribution in [0.3, 0.4) is 0 Å². The zero-order chi connectivity index (χ0) is 18.6. The average molecular weight is 431 g/mol. The SMILES string of the molecule is CN(C)CC1C=CC=CC1(Cl)C1(OCc2ccccc2Cl)CCCCC1.Cl. The van der Waals surface area contributed by atoms with Crippen LogP contribution in [0.25, 0.3) is 0 Å². The summed E-state index contributed by atoms with van der Waals surface area (Å²) in [5.41, 5.74) is 0.660. The van der Waals surface area contributed by atoms with Crippen LogP contribution >= 0.6 is 35.6 Å². The minimum Gasteiger partial charge on any atom is -0.368 e. The smallest absolute Gasteiger partial charge is 0.0992 e. The van der Waals surface area contributed by atoms with Gasteiger partial charge in [0.15, 0.2) is 0 Å². The van der Waals surface area contributed by atoms with Crippen LogP contribution in [-0.4, -0.2) is 36.0 Å². The molecule has 2 aliphatic rings. The van der Waals surface area contributed by atoms with Gasteiger partial charge in [0.1, 0.15) is 0 Å². The Bertz CT molecular complexity index is 667. The molecule has 0 amide bonds. The summed E-state index contributed by atoms with van der Waals surface area (Å²) >= 11 is 13.8. The fourth-order valence-electron chi connectivity index (χ4n) is 4.33. The maximum absolute atomic E-state index is 7.40. The number of hydrogen-bond acceptors (Lipinski definition) is 2. The van der Waals surface area contributed by atoms with E-state index in [4.69, 9.17) is 27.9 Å². The maximum Gasteiger partial charge on any atom is 0.0992 e. The Balaban J connectivity index is 0.00000261. The number of ether oxygens (including phenoxy) is 1. The van der Waals surface area contributed by atoms with Gasteiger partial charge in [-0.05, 0) is 38.6 Å². The molecule has 1 saturated carbocycles. The van der Waals surface area contributed by atoms with Crippen LogP contribution in [0.15, 0.2) is 48.6 Å². The molecule has 1 aromatic rings. The lowest BCUT2D eigenvalue weighted by molar-refractivity contribution is -0.108. The molecule has 1 fully saturated rings. The van der Waals surface area contributed by atoms with E-state index in [2.05, 4.69) is 43.3 Å². The zero-order valence-electron chi connectivity index (χ0n) is 16.2. The predicted octanol–water partition coefficient (Wildman–Crippen LogP) is 6.26. The minimum absolute atomic E-state index is 0. The van der Waals surface area contributed by atoms with Gasteiger partial charge in [-0.25, -0.2) is 0 Å². The van der Waals surface area contributed by atoms with Crippen molar-refractivity contribution >= 4 is 35.6 Å². The Labute approximate surface area is 180 Å². The van der Waals surface area contributed by atoms with Crippen LogP contribution in [0.4, 0.5) is 0 Å². The minimum atomic E-state index is -0.534. The van der Waals surface area contributed by atoms with Crippen molar-refractivity contribution in [3.05, 3.63) is 59.2 Å². The van der Waals surface area contributed by atoms with Crippen LogP contribution in [0.2, 0.25) is 5.02 Å². The third kappa shape index (κ3) is 4.92. The van der Waals surface area contributed by atoms with Gasteiger partial charge in [0.2, 0.25) is 0 Å². The highest BCUT2D eigenvalue weighted by Crippen LogP contribution is 2.51. The summed E-state index contributed by atoms with van der Waals surface area (Å²) in [4.78, 5) is 1.67. The van der Waals surface area contributed by atoms with Crippen LogP contribution in [0, 0.1) is 5.92 Å². The first kappa shape index (κ1) is 22.8. The molecule has 2 aliphatic carbocycles. The Hall–Kier alpha value is -0.510. The van der Waals surface area contributed by atoms with Gasteiger partial charge in [-0.15, -0.1) is 24.0 Å². The quantitative estimate of drug-likeness (QED) is 0.494. The summed E-state index contributed by atoms with van der Waals surface area (Å²) in [7, 11) is 4.20. The lowest BCUT2D eigenvalue weighted by Crippen LogP contribution is -2.58. The number of hydrogen-bond donors (Lipinski definition) is 0. The third-order valence-corrected chi connectivity index (χ3v) is 6.84. The largest absolute Gasteiger partial charge is 0.368 e. The summed E-state index contributed by atoms with van der Waals surface area (Å²) in [6.07, 6.45) is 14.1. The number of rotatable bonds is 6. The molecule has 1 aromatic carbocycles. The molecule has 3 rings (SSSR count). The number of nitrogens with zero attached hydrogens (tertiary/aromatic N) is 1. The molecule has 5 heteroatoms. The van der Waals surface area contributed by atoms with Crippen molar-refractivity contribution in [1.82, 2.24) is 4.90 Å². The molecule has 2 atom stereocenters. The second kappa shape index (κ2) is 9.80. The second-order valence-corrected chi connectivity index (χ2v) is 8.85. The van der Waals surface area contributed by atoms with E-state index in [0.717, 1.165) is 42.8 Å². The molecule has 2 nitrogen and oxygen atoms in total. The summed E-state index contributed by atoms with van der Waals surface area (Å²) in [5, 5.41) is 0.756. The van der Waals surface area contributed by atoms with E-state index in [9.17, 15) is 0 Å². The maximum atomic E-state index is 7.40. The van der Waals surface area contributed by atoms with Crippen LogP contribution in [0.1, 0.15) is 37.7 Å². The van der Waals surface area contributed by atoms with E-state index in [-0.39, 0.29) is 23.9 Å². The Morgan fingerprint density at radius 3 is 2.48 bits per heavy atom. The third-order valence-electron chi connectivity index (χ3n) is 5.72. The van der Waals surface area contributed by atoms with Crippen molar-refractivity contribution in [2.24, 2.45) is 5.92 Å². The number of benzene rings is 1. The van der Waals surface area contributed by atoms with E-state index in [1.54, 1.807) is 0 Å². The molecule has 2 unspecified atom stereocenters. The van der Waals surface area contributed by atoms with E-state index >= 15 is 0 Å². The highest BCUT2D eigenvalue weighted by Gasteiger charge is 2.54. The molecule has 0 aliphatic heterocycles. The lowest BCUT2D eigenvalue weighted by atomic mass is 9.68. The Morgan fingerprint density at radius 2 is 1.81 bits per heavy atom. The first-order valence-electron chi connectivity index (χ1n) is 9.54. The van der Waals surface area contributed by atoms with Gasteiger partial charge in [-0.3, -0.25) is 0 Å². The molecule has 0 N–H and O–H groups in total. The fraction of sp³-hybridized carbons (Fsp3) is 0.545. The van der Waals surface area contributed by atoms with Gasteiger partial charge >= 0.3 is 0 Å².